The summed E-state index contributed by atoms with van der Waals surface area (Å²) in [6.45, 7) is 4.36. The van der Waals surface area contributed by atoms with E-state index in [1.165, 1.54) is 12.1 Å². The first-order valence-corrected chi connectivity index (χ1v) is 5.82. The molecule has 0 radical (unpaired) electrons. The van der Waals surface area contributed by atoms with E-state index < -0.39 is 0 Å². The van der Waals surface area contributed by atoms with Crippen LogP contribution < -0.4 is 10.5 Å². The Morgan fingerprint density at radius 3 is 2.69 bits per heavy atom. The number of hydrogen-bond donors (Lipinski definition) is 1. The van der Waals surface area contributed by atoms with Crippen LogP contribution >= 0.6 is 11.6 Å². The molecule has 0 aliphatic heterocycles. The molecule has 2 N–H and O–H groups in total. The predicted octanol–water partition coefficient (Wildman–Crippen LogP) is 3.16. The van der Waals surface area contributed by atoms with Gasteiger partial charge in [0, 0.05) is 11.6 Å². The molecular formula is C12H17ClFNO. The van der Waals surface area contributed by atoms with Crippen LogP contribution in [0.4, 0.5) is 4.39 Å². The van der Waals surface area contributed by atoms with Crippen LogP contribution in [-0.2, 0) is 6.42 Å². The quantitative estimate of drug-likeness (QED) is 0.865. The lowest BCUT2D eigenvalue weighted by atomic mass is 10.0. The fourth-order valence-corrected chi connectivity index (χ4v) is 1.78. The summed E-state index contributed by atoms with van der Waals surface area (Å²) in [5.41, 5.74) is 6.59. The fourth-order valence-electron chi connectivity index (χ4n) is 1.50. The third-order valence-corrected chi connectivity index (χ3v) is 2.66. The maximum Gasteiger partial charge on any atom is 0.141 e. The molecular weight excluding hydrogens is 229 g/mol. The second-order valence-electron chi connectivity index (χ2n) is 3.68. The highest BCUT2D eigenvalue weighted by Crippen LogP contribution is 2.31. The zero-order valence-electron chi connectivity index (χ0n) is 9.59. The third-order valence-electron chi connectivity index (χ3n) is 2.38. The Hall–Kier alpha value is -0.800. The van der Waals surface area contributed by atoms with Crippen LogP contribution in [0, 0.1) is 5.82 Å². The summed E-state index contributed by atoms with van der Waals surface area (Å²) in [5, 5.41) is 0.306. The molecule has 1 unspecified atom stereocenters. The normalized spacial score (nSPS) is 12.6. The van der Waals surface area contributed by atoms with Gasteiger partial charge in [0.05, 0.1) is 11.6 Å². The van der Waals surface area contributed by atoms with E-state index in [-0.39, 0.29) is 11.9 Å². The van der Waals surface area contributed by atoms with E-state index in [9.17, 15) is 4.39 Å². The van der Waals surface area contributed by atoms with Gasteiger partial charge in [0.25, 0.3) is 0 Å². The van der Waals surface area contributed by atoms with Crippen LogP contribution in [0.15, 0.2) is 12.1 Å². The Morgan fingerprint density at radius 2 is 2.12 bits per heavy atom. The van der Waals surface area contributed by atoms with Crippen molar-refractivity contribution in [3.8, 4) is 5.75 Å². The van der Waals surface area contributed by atoms with Crippen LogP contribution in [0.1, 0.15) is 25.8 Å². The molecule has 0 aliphatic rings. The first kappa shape index (κ1) is 13.3. The average Bonchev–Trinajstić information content (AvgIpc) is 2.23. The molecule has 90 valence electrons. The van der Waals surface area contributed by atoms with E-state index in [0.29, 0.717) is 23.8 Å². The van der Waals surface area contributed by atoms with Crippen molar-refractivity contribution in [3.63, 3.8) is 0 Å². The lowest BCUT2D eigenvalue weighted by Crippen LogP contribution is -2.22. The van der Waals surface area contributed by atoms with E-state index in [4.69, 9.17) is 22.1 Å². The molecule has 2 nitrogen and oxygen atoms in total. The van der Waals surface area contributed by atoms with E-state index in [0.717, 1.165) is 12.0 Å². The van der Waals surface area contributed by atoms with Crippen molar-refractivity contribution >= 4 is 11.6 Å². The molecule has 0 saturated carbocycles. The summed E-state index contributed by atoms with van der Waals surface area (Å²) in [5.74, 6) is 0.196. The van der Waals surface area contributed by atoms with Crippen LogP contribution in [0.5, 0.6) is 5.75 Å². The number of hydrogen-bond acceptors (Lipinski definition) is 2. The number of halogens is 2. The minimum Gasteiger partial charge on any atom is -0.492 e. The second-order valence-corrected chi connectivity index (χ2v) is 4.09. The summed E-state index contributed by atoms with van der Waals surface area (Å²) >= 11 is 5.93. The van der Waals surface area contributed by atoms with Gasteiger partial charge >= 0.3 is 0 Å². The molecule has 1 rings (SSSR count). The molecule has 0 bridgehead atoms. The van der Waals surface area contributed by atoms with E-state index in [1.807, 2.05) is 13.8 Å². The SMILES string of the molecule is CCOc1c(Cl)cc(F)cc1CC(N)CC. The summed E-state index contributed by atoms with van der Waals surface area (Å²) in [6, 6.07) is 2.69. The lowest BCUT2D eigenvalue weighted by molar-refractivity contribution is 0.335. The van der Waals surface area contributed by atoms with Crippen molar-refractivity contribution in [1.82, 2.24) is 0 Å². The standard InChI is InChI=1S/C12H17ClFNO/c1-3-10(15)6-8-5-9(14)7-11(13)12(8)16-4-2/h5,7,10H,3-4,6,15H2,1-2H3. The van der Waals surface area contributed by atoms with E-state index in [1.54, 1.807) is 0 Å². The fraction of sp³-hybridized carbons (Fsp3) is 0.500. The Labute approximate surface area is 101 Å². The Kier molecular flexibility index (Phi) is 5.03. The smallest absolute Gasteiger partial charge is 0.141 e. The Balaban J connectivity index is 3.03. The maximum atomic E-state index is 13.2. The number of benzene rings is 1. The van der Waals surface area contributed by atoms with Gasteiger partial charge in [-0.2, -0.15) is 0 Å². The molecule has 0 aliphatic carbocycles. The van der Waals surface area contributed by atoms with Crippen LogP contribution in [0.25, 0.3) is 0 Å². The molecule has 0 heterocycles. The summed E-state index contributed by atoms with van der Waals surface area (Å²) in [7, 11) is 0. The minimum absolute atomic E-state index is 0.00271. The monoisotopic (exact) mass is 245 g/mol. The molecule has 0 amide bonds. The third kappa shape index (κ3) is 3.35. The minimum atomic E-state index is -0.355. The van der Waals surface area contributed by atoms with Crippen molar-refractivity contribution in [1.29, 1.82) is 0 Å². The van der Waals surface area contributed by atoms with Gasteiger partial charge in [-0.25, -0.2) is 4.39 Å². The highest BCUT2D eigenvalue weighted by Gasteiger charge is 2.13. The van der Waals surface area contributed by atoms with Gasteiger partial charge in [-0.3, -0.25) is 0 Å². The average molecular weight is 246 g/mol. The molecule has 4 heteroatoms. The predicted molar refractivity (Wildman–Crippen MR) is 64.5 cm³/mol. The van der Waals surface area contributed by atoms with Gasteiger partial charge in [0.2, 0.25) is 0 Å². The van der Waals surface area contributed by atoms with Gasteiger partial charge in [0.1, 0.15) is 11.6 Å². The summed E-state index contributed by atoms with van der Waals surface area (Å²) in [4.78, 5) is 0. The van der Waals surface area contributed by atoms with Crippen molar-refractivity contribution in [2.24, 2.45) is 5.73 Å². The molecule has 16 heavy (non-hydrogen) atoms. The van der Waals surface area contributed by atoms with Gasteiger partial charge in [-0.1, -0.05) is 18.5 Å². The van der Waals surface area contributed by atoms with Crippen molar-refractivity contribution in [3.05, 3.63) is 28.5 Å². The summed E-state index contributed by atoms with van der Waals surface area (Å²) < 4.78 is 18.6. The molecule has 1 aromatic carbocycles. The van der Waals surface area contributed by atoms with Crippen LogP contribution in [-0.4, -0.2) is 12.6 Å². The van der Waals surface area contributed by atoms with Gasteiger partial charge in [0.15, 0.2) is 0 Å². The largest absolute Gasteiger partial charge is 0.492 e. The topological polar surface area (TPSA) is 35.2 Å². The molecule has 0 spiro atoms. The van der Waals surface area contributed by atoms with E-state index >= 15 is 0 Å². The van der Waals surface area contributed by atoms with Crippen molar-refractivity contribution in [2.45, 2.75) is 32.7 Å². The Bertz CT molecular complexity index is 357. The van der Waals surface area contributed by atoms with Crippen molar-refractivity contribution in [2.75, 3.05) is 6.61 Å². The van der Waals surface area contributed by atoms with Crippen molar-refractivity contribution < 1.29 is 9.13 Å². The molecule has 1 aromatic rings. The van der Waals surface area contributed by atoms with Crippen LogP contribution in [0.3, 0.4) is 0 Å². The van der Waals surface area contributed by atoms with Gasteiger partial charge in [-0.05, 0) is 31.9 Å². The summed E-state index contributed by atoms with van der Waals surface area (Å²) in [6.07, 6.45) is 1.41. The molecule has 1 atom stereocenters. The van der Waals surface area contributed by atoms with E-state index in [2.05, 4.69) is 0 Å². The first-order chi connectivity index (χ1) is 7.58. The van der Waals surface area contributed by atoms with Gasteiger partial charge in [-0.15, -0.1) is 0 Å². The number of ether oxygens (including phenoxy) is 1. The first-order valence-electron chi connectivity index (χ1n) is 5.44. The molecule has 0 fully saturated rings. The Morgan fingerprint density at radius 1 is 1.44 bits per heavy atom. The number of nitrogens with two attached hydrogens (primary N) is 1. The maximum absolute atomic E-state index is 13.2. The molecule has 0 aromatic heterocycles. The second kappa shape index (κ2) is 6.06. The number of rotatable bonds is 5. The molecule has 0 saturated heterocycles. The zero-order chi connectivity index (χ0) is 12.1. The highest BCUT2D eigenvalue weighted by molar-refractivity contribution is 6.32. The lowest BCUT2D eigenvalue weighted by Gasteiger charge is -2.15. The highest BCUT2D eigenvalue weighted by atomic mass is 35.5. The van der Waals surface area contributed by atoms with Gasteiger partial charge < -0.3 is 10.5 Å². The van der Waals surface area contributed by atoms with Crippen LogP contribution in [0.2, 0.25) is 5.02 Å². The zero-order valence-corrected chi connectivity index (χ0v) is 10.4.